The van der Waals surface area contributed by atoms with E-state index in [0.717, 1.165) is 21.5 Å². The Labute approximate surface area is 103 Å². The molecule has 0 saturated carbocycles. The summed E-state index contributed by atoms with van der Waals surface area (Å²) < 4.78 is 3.09. The van der Waals surface area contributed by atoms with Gasteiger partial charge in [-0.1, -0.05) is 15.9 Å². The Balaban J connectivity index is 2.61. The lowest BCUT2D eigenvalue weighted by Crippen LogP contribution is -2.10. The van der Waals surface area contributed by atoms with Crippen LogP contribution in [0, 0.1) is 6.92 Å². The van der Waals surface area contributed by atoms with E-state index in [1.807, 2.05) is 30.7 Å². The summed E-state index contributed by atoms with van der Waals surface area (Å²) in [5, 5.41) is 0. The molecule has 0 amide bonds. The molecule has 1 unspecified atom stereocenters. The molecule has 2 N–H and O–H groups in total. The first-order valence-electron chi connectivity index (χ1n) is 5.15. The number of hydrogen-bond acceptors (Lipinski definition) is 2. The van der Waals surface area contributed by atoms with E-state index in [2.05, 4.69) is 33.0 Å². The molecule has 0 fully saturated rings. The van der Waals surface area contributed by atoms with Gasteiger partial charge in [-0.2, -0.15) is 0 Å². The Morgan fingerprint density at radius 1 is 1.44 bits per heavy atom. The number of aromatic nitrogens is 2. The van der Waals surface area contributed by atoms with Crippen LogP contribution in [0.1, 0.15) is 24.4 Å². The number of nitrogens with two attached hydrogens (primary N) is 1. The highest BCUT2D eigenvalue weighted by Gasteiger charge is 2.10. The second-order valence-electron chi connectivity index (χ2n) is 3.84. The topological polar surface area (TPSA) is 43.8 Å². The number of imidazole rings is 1. The summed E-state index contributed by atoms with van der Waals surface area (Å²) in [5.74, 6) is 0.962. The Kier molecular flexibility index (Phi) is 3.12. The van der Waals surface area contributed by atoms with Crippen molar-refractivity contribution in [2.75, 3.05) is 0 Å². The third kappa shape index (κ3) is 2.03. The number of nitrogens with zero attached hydrogens (tertiary/aromatic N) is 2. The first-order valence-corrected chi connectivity index (χ1v) is 5.94. The van der Waals surface area contributed by atoms with Crippen molar-refractivity contribution in [2.24, 2.45) is 5.73 Å². The number of rotatable bonds is 2. The van der Waals surface area contributed by atoms with Crippen LogP contribution in [0.4, 0.5) is 0 Å². The van der Waals surface area contributed by atoms with Gasteiger partial charge in [-0.05, 0) is 37.6 Å². The van der Waals surface area contributed by atoms with Crippen molar-refractivity contribution in [3.8, 4) is 5.69 Å². The van der Waals surface area contributed by atoms with Crippen LogP contribution in [-0.2, 0) is 0 Å². The second kappa shape index (κ2) is 4.39. The van der Waals surface area contributed by atoms with Crippen LogP contribution in [-0.4, -0.2) is 9.55 Å². The van der Waals surface area contributed by atoms with E-state index < -0.39 is 0 Å². The van der Waals surface area contributed by atoms with Crippen molar-refractivity contribution in [1.29, 1.82) is 0 Å². The summed E-state index contributed by atoms with van der Waals surface area (Å²) in [7, 11) is 0. The monoisotopic (exact) mass is 279 g/mol. The Morgan fingerprint density at radius 3 is 2.75 bits per heavy atom. The lowest BCUT2D eigenvalue weighted by molar-refractivity contribution is 0.798. The van der Waals surface area contributed by atoms with Crippen LogP contribution in [0.2, 0.25) is 0 Å². The average Bonchev–Trinajstić information content (AvgIpc) is 2.64. The van der Waals surface area contributed by atoms with Crippen molar-refractivity contribution in [2.45, 2.75) is 19.9 Å². The third-order valence-electron chi connectivity index (χ3n) is 2.57. The summed E-state index contributed by atoms with van der Waals surface area (Å²) >= 11 is 3.47. The molecular weight excluding hydrogens is 266 g/mol. The summed E-state index contributed by atoms with van der Waals surface area (Å²) in [4.78, 5) is 4.23. The average molecular weight is 280 g/mol. The van der Waals surface area contributed by atoms with Gasteiger partial charge in [0.1, 0.15) is 5.82 Å². The number of benzene rings is 1. The first-order chi connectivity index (χ1) is 7.59. The molecule has 0 saturated heterocycles. The molecule has 84 valence electrons. The number of aryl methyl sites for hydroxylation is 1. The van der Waals surface area contributed by atoms with Crippen LogP contribution in [0.25, 0.3) is 5.69 Å². The standard InChI is InChI=1S/C12H14BrN3/c1-8(14)11-7-10(13)3-4-12(11)16-6-5-15-9(16)2/h3-8H,14H2,1-2H3. The summed E-state index contributed by atoms with van der Waals surface area (Å²) in [6, 6.07) is 6.12. The minimum Gasteiger partial charge on any atom is -0.324 e. The predicted molar refractivity (Wildman–Crippen MR) is 68.6 cm³/mol. The molecule has 0 aliphatic heterocycles. The van der Waals surface area contributed by atoms with E-state index in [4.69, 9.17) is 5.73 Å². The zero-order valence-corrected chi connectivity index (χ0v) is 10.9. The van der Waals surface area contributed by atoms with E-state index >= 15 is 0 Å². The van der Waals surface area contributed by atoms with E-state index in [1.165, 1.54) is 0 Å². The van der Waals surface area contributed by atoms with E-state index in [0.29, 0.717) is 0 Å². The fourth-order valence-electron chi connectivity index (χ4n) is 1.74. The van der Waals surface area contributed by atoms with E-state index in [-0.39, 0.29) is 6.04 Å². The highest BCUT2D eigenvalue weighted by Crippen LogP contribution is 2.25. The highest BCUT2D eigenvalue weighted by molar-refractivity contribution is 9.10. The molecule has 1 atom stereocenters. The van der Waals surface area contributed by atoms with Gasteiger partial charge in [-0.3, -0.25) is 0 Å². The molecule has 0 radical (unpaired) electrons. The molecule has 1 aromatic heterocycles. The molecule has 1 aromatic carbocycles. The van der Waals surface area contributed by atoms with E-state index in [1.54, 1.807) is 6.20 Å². The van der Waals surface area contributed by atoms with Crippen molar-refractivity contribution in [3.05, 3.63) is 46.5 Å². The third-order valence-corrected chi connectivity index (χ3v) is 3.06. The molecule has 16 heavy (non-hydrogen) atoms. The molecule has 4 heteroatoms. The Morgan fingerprint density at radius 2 is 2.19 bits per heavy atom. The molecule has 3 nitrogen and oxygen atoms in total. The van der Waals surface area contributed by atoms with Gasteiger partial charge in [0.2, 0.25) is 0 Å². The lowest BCUT2D eigenvalue weighted by Gasteiger charge is -2.15. The quantitative estimate of drug-likeness (QED) is 0.919. The van der Waals surface area contributed by atoms with Gasteiger partial charge >= 0.3 is 0 Å². The maximum atomic E-state index is 5.99. The SMILES string of the molecule is Cc1nccn1-c1ccc(Br)cc1C(C)N. The molecule has 0 aliphatic rings. The zero-order valence-electron chi connectivity index (χ0n) is 9.31. The molecule has 1 heterocycles. The van der Waals surface area contributed by atoms with Gasteiger partial charge < -0.3 is 10.3 Å². The zero-order chi connectivity index (χ0) is 11.7. The molecule has 2 aromatic rings. The van der Waals surface area contributed by atoms with Crippen molar-refractivity contribution >= 4 is 15.9 Å². The summed E-state index contributed by atoms with van der Waals surface area (Å²) in [6.07, 6.45) is 3.74. The van der Waals surface area contributed by atoms with Gasteiger partial charge in [-0.25, -0.2) is 4.98 Å². The maximum absolute atomic E-state index is 5.99. The van der Waals surface area contributed by atoms with Gasteiger partial charge in [0.15, 0.2) is 0 Å². The molecule has 0 spiro atoms. The molecule has 0 aliphatic carbocycles. The smallest absolute Gasteiger partial charge is 0.110 e. The first kappa shape index (κ1) is 11.4. The largest absolute Gasteiger partial charge is 0.324 e. The van der Waals surface area contributed by atoms with Gasteiger partial charge in [0.25, 0.3) is 0 Å². The fraction of sp³-hybridized carbons (Fsp3) is 0.250. The van der Waals surface area contributed by atoms with Gasteiger partial charge in [-0.15, -0.1) is 0 Å². The van der Waals surface area contributed by atoms with Gasteiger partial charge in [0, 0.05) is 22.9 Å². The molecule has 2 rings (SSSR count). The number of halogens is 1. The molecule has 0 bridgehead atoms. The van der Waals surface area contributed by atoms with Crippen LogP contribution < -0.4 is 5.73 Å². The summed E-state index contributed by atoms with van der Waals surface area (Å²) in [6.45, 7) is 3.96. The fourth-order valence-corrected chi connectivity index (χ4v) is 2.12. The Hall–Kier alpha value is -1.13. The second-order valence-corrected chi connectivity index (χ2v) is 4.75. The highest BCUT2D eigenvalue weighted by atomic mass is 79.9. The predicted octanol–water partition coefficient (Wildman–Crippen LogP) is 2.96. The minimum atomic E-state index is -0.00528. The lowest BCUT2D eigenvalue weighted by atomic mass is 10.1. The summed E-state index contributed by atoms with van der Waals surface area (Å²) in [5.41, 5.74) is 8.18. The van der Waals surface area contributed by atoms with Crippen molar-refractivity contribution in [3.63, 3.8) is 0 Å². The maximum Gasteiger partial charge on any atom is 0.110 e. The van der Waals surface area contributed by atoms with E-state index in [9.17, 15) is 0 Å². The van der Waals surface area contributed by atoms with Gasteiger partial charge in [0.05, 0.1) is 5.69 Å². The van der Waals surface area contributed by atoms with Crippen LogP contribution in [0.5, 0.6) is 0 Å². The van der Waals surface area contributed by atoms with Crippen LogP contribution >= 0.6 is 15.9 Å². The number of hydrogen-bond donors (Lipinski definition) is 1. The normalized spacial score (nSPS) is 12.8. The molecular formula is C12H14BrN3. The van der Waals surface area contributed by atoms with Crippen molar-refractivity contribution in [1.82, 2.24) is 9.55 Å². The Bertz CT molecular complexity index is 503. The van der Waals surface area contributed by atoms with Crippen LogP contribution in [0.15, 0.2) is 35.1 Å². The minimum absolute atomic E-state index is 0.00528. The van der Waals surface area contributed by atoms with Crippen LogP contribution in [0.3, 0.4) is 0 Å². The van der Waals surface area contributed by atoms with Crippen molar-refractivity contribution < 1.29 is 0 Å².